The zero-order valence-corrected chi connectivity index (χ0v) is 8.04. The standard InChI is InChI=1S/C10H19N/c1-8(2)10-5-6-11(7-10)9(3)4/h5-6,8-10H,7H2,1-4H3. The van der Waals surface area contributed by atoms with Gasteiger partial charge in [-0.2, -0.15) is 0 Å². The molecule has 0 aromatic heterocycles. The van der Waals surface area contributed by atoms with Gasteiger partial charge in [0, 0.05) is 12.6 Å². The Balaban J connectivity index is 2.43. The van der Waals surface area contributed by atoms with Crippen LogP contribution in [0.5, 0.6) is 0 Å². The van der Waals surface area contributed by atoms with E-state index >= 15 is 0 Å². The van der Waals surface area contributed by atoms with Crippen LogP contribution in [0.3, 0.4) is 0 Å². The van der Waals surface area contributed by atoms with Crippen LogP contribution < -0.4 is 0 Å². The summed E-state index contributed by atoms with van der Waals surface area (Å²) in [6.07, 6.45) is 4.58. The van der Waals surface area contributed by atoms with Gasteiger partial charge >= 0.3 is 0 Å². The smallest absolute Gasteiger partial charge is 0.0241 e. The molecule has 1 aliphatic rings. The van der Waals surface area contributed by atoms with E-state index in [9.17, 15) is 0 Å². The molecule has 1 heteroatoms. The van der Waals surface area contributed by atoms with Gasteiger partial charge in [-0.3, -0.25) is 0 Å². The lowest BCUT2D eigenvalue weighted by atomic mass is 9.97. The van der Waals surface area contributed by atoms with Crippen molar-refractivity contribution >= 4 is 0 Å². The zero-order chi connectivity index (χ0) is 8.43. The maximum atomic E-state index is 2.41. The third-order valence-electron chi connectivity index (χ3n) is 2.47. The maximum Gasteiger partial charge on any atom is 0.0241 e. The Hall–Kier alpha value is -0.460. The lowest BCUT2D eigenvalue weighted by Crippen LogP contribution is -2.26. The number of hydrogen-bond acceptors (Lipinski definition) is 1. The van der Waals surface area contributed by atoms with Gasteiger partial charge in [-0.05, 0) is 31.9 Å². The van der Waals surface area contributed by atoms with Crippen LogP contribution in [-0.4, -0.2) is 17.5 Å². The molecule has 0 amide bonds. The maximum absolute atomic E-state index is 2.41. The third-order valence-corrected chi connectivity index (χ3v) is 2.47. The van der Waals surface area contributed by atoms with Gasteiger partial charge in [0.05, 0.1) is 0 Å². The van der Waals surface area contributed by atoms with E-state index in [4.69, 9.17) is 0 Å². The molecule has 0 N–H and O–H groups in total. The monoisotopic (exact) mass is 153 g/mol. The summed E-state index contributed by atoms with van der Waals surface area (Å²) in [5, 5.41) is 0. The molecule has 1 atom stereocenters. The Morgan fingerprint density at radius 1 is 1.27 bits per heavy atom. The highest BCUT2D eigenvalue weighted by atomic mass is 15.1. The molecular weight excluding hydrogens is 134 g/mol. The van der Waals surface area contributed by atoms with Crippen molar-refractivity contribution < 1.29 is 0 Å². The van der Waals surface area contributed by atoms with Gasteiger partial charge in [-0.15, -0.1) is 0 Å². The fourth-order valence-electron chi connectivity index (χ4n) is 1.40. The molecule has 1 aliphatic heterocycles. The molecule has 0 fully saturated rings. The van der Waals surface area contributed by atoms with Gasteiger partial charge in [0.2, 0.25) is 0 Å². The Kier molecular flexibility index (Phi) is 2.58. The van der Waals surface area contributed by atoms with Crippen molar-refractivity contribution in [2.24, 2.45) is 11.8 Å². The molecule has 0 aromatic carbocycles. The average Bonchev–Trinajstić information content (AvgIpc) is 2.33. The van der Waals surface area contributed by atoms with E-state index in [1.165, 1.54) is 6.54 Å². The summed E-state index contributed by atoms with van der Waals surface area (Å²) in [7, 11) is 0. The van der Waals surface area contributed by atoms with Gasteiger partial charge in [0.1, 0.15) is 0 Å². The van der Waals surface area contributed by atoms with Crippen LogP contribution in [0.25, 0.3) is 0 Å². The molecule has 0 aromatic rings. The lowest BCUT2D eigenvalue weighted by molar-refractivity contribution is 0.284. The van der Waals surface area contributed by atoms with Crippen molar-refractivity contribution in [2.45, 2.75) is 33.7 Å². The van der Waals surface area contributed by atoms with E-state index < -0.39 is 0 Å². The highest BCUT2D eigenvalue weighted by molar-refractivity contribution is 5.00. The molecule has 1 unspecified atom stereocenters. The third kappa shape index (κ3) is 1.98. The molecule has 0 spiro atoms. The van der Waals surface area contributed by atoms with E-state index in [0.29, 0.717) is 6.04 Å². The second-order valence-corrected chi connectivity index (χ2v) is 4.04. The molecular formula is C10H19N. The van der Waals surface area contributed by atoms with Crippen molar-refractivity contribution in [3.8, 4) is 0 Å². The van der Waals surface area contributed by atoms with Crippen molar-refractivity contribution in [1.29, 1.82) is 0 Å². The first-order valence-corrected chi connectivity index (χ1v) is 4.55. The minimum Gasteiger partial charge on any atom is -0.375 e. The number of hydrogen-bond donors (Lipinski definition) is 0. The second-order valence-electron chi connectivity index (χ2n) is 4.04. The summed E-state index contributed by atoms with van der Waals surface area (Å²) < 4.78 is 0. The molecule has 0 radical (unpaired) electrons. The first-order chi connectivity index (χ1) is 5.11. The first kappa shape index (κ1) is 8.63. The zero-order valence-electron chi connectivity index (χ0n) is 8.04. The minimum absolute atomic E-state index is 0.662. The van der Waals surface area contributed by atoms with E-state index in [1.54, 1.807) is 0 Å². The van der Waals surface area contributed by atoms with Gasteiger partial charge in [0.25, 0.3) is 0 Å². The molecule has 0 aliphatic carbocycles. The van der Waals surface area contributed by atoms with Crippen molar-refractivity contribution in [3.05, 3.63) is 12.3 Å². The van der Waals surface area contributed by atoms with Crippen LogP contribution in [0, 0.1) is 11.8 Å². The molecule has 0 saturated heterocycles. The number of rotatable bonds is 2. The molecule has 0 saturated carbocycles. The predicted octanol–water partition coefficient (Wildman–Crippen LogP) is 2.50. The van der Waals surface area contributed by atoms with E-state index in [1.807, 2.05) is 0 Å². The average molecular weight is 153 g/mol. The molecule has 1 nitrogen and oxygen atoms in total. The Morgan fingerprint density at radius 3 is 2.18 bits per heavy atom. The summed E-state index contributed by atoms with van der Waals surface area (Å²) in [4.78, 5) is 2.41. The van der Waals surface area contributed by atoms with Crippen molar-refractivity contribution in [3.63, 3.8) is 0 Å². The summed E-state index contributed by atoms with van der Waals surface area (Å²) in [6, 6.07) is 0.662. The normalized spacial score (nSPS) is 24.2. The summed E-state index contributed by atoms with van der Waals surface area (Å²) in [5.74, 6) is 1.56. The Morgan fingerprint density at radius 2 is 1.91 bits per heavy atom. The molecule has 1 heterocycles. The minimum atomic E-state index is 0.662. The first-order valence-electron chi connectivity index (χ1n) is 4.55. The van der Waals surface area contributed by atoms with Crippen molar-refractivity contribution in [2.75, 3.05) is 6.54 Å². The molecule has 11 heavy (non-hydrogen) atoms. The highest BCUT2D eigenvalue weighted by Gasteiger charge is 2.19. The van der Waals surface area contributed by atoms with Crippen LogP contribution in [0.4, 0.5) is 0 Å². The van der Waals surface area contributed by atoms with E-state index in [2.05, 4.69) is 44.9 Å². The molecule has 1 rings (SSSR count). The fourth-order valence-corrected chi connectivity index (χ4v) is 1.40. The van der Waals surface area contributed by atoms with Gasteiger partial charge < -0.3 is 4.90 Å². The highest BCUT2D eigenvalue weighted by Crippen LogP contribution is 2.21. The van der Waals surface area contributed by atoms with E-state index in [-0.39, 0.29) is 0 Å². The fraction of sp³-hybridized carbons (Fsp3) is 0.800. The SMILES string of the molecule is CC(C)C1C=CN(C(C)C)C1. The summed E-state index contributed by atoms with van der Waals surface area (Å²) in [5.41, 5.74) is 0. The van der Waals surface area contributed by atoms with Gasteiger partial charge in [0.15, 0.2) is 0 Å². The van der Waals surface area contributed by atoms with Crippen LogP contribution >= 0.6 is 0 Å². The lowest BCUT2D eigenvalue weighted by Gasteiger charge is -2.23. The largest absolute Gasteiger partial charge is 0.375 e. The summed E-state index contributed by atoms with van der Waals surface area (Å²) in [6.45, 7) is 10.3. The van der Waals surface area contributed by atoms with Crippen molar-refractivity contribution in [1.82, 2.24) is 4.90 Å². The van der Waals surface area contributed by atoms with Crippen LogP contribution in [0.15, 0.2) is 12.3 Å². The Labute approximate surface area is 70.1 Å². The van der Waals surface area contributed by atoms with Crippen LogP contribution in [0.1, 0.15) is 27.7 Å². The van der Waals surface area contributed by atoms with Gasteiger partial charge in [-0.1, -0.05) is 19.9 Å². The molecule has 64 valence electrons. The topological polar surface area (TPSA) is 3.24 Å². The van der Waals surface area contributed by atoms with E-state index in [0.717, 1.165) is 11.8 Å². The van der Waals surface area contributed by atoms with Crippen LogP contribution in [-0.2, 0) is 0 Å². The predicted molar refractivity (Wildman–Crippen MR) is 49.3 cm³/mol. The van der Waals surface area contributed by atoms with Crippen LogP contribution in [0.2, 0.25) is 0 Å². The molecule has 0 bridgehead atoms. The quantitative estimate of drug-likeness (QED) is 0.589. The number of nitrogens with zero attached hydrogens (tertiary/aromatic N) is 1. The summed E-state index contributed by atoms with van der Waals surface area (Å²) >= 11 is 0. The Bertz CT molecular complexity index is 131. The van der Waals surface area contributed by atoms with Gasteiger partial charge in [-0.25, -0.2) is 0 Å². The second kappa shape index (κ2) is 3.29.